The van der Waals surface area contributed by atoms with Crippen molar-refractivity contribution in [3.63, 3.8) is 0 Å². The summed E-state index contributed by atoms with van der Waals surface area (Å²) in [6.07, 6.45) is 3.55. The van der Waals surface area contributed by atoms with E-state index in [9.17, 15) is 0 Å². The van der Waals surface area contributed by atoms with Crippen LogP contribution in [0.3, 0.4) is 0 Å². The molecule has 5 rings (SSSR count). The predicted octanol–water partition coefficient (Wildman–Crippen LogP) is 2.86. The molecule has 0 amide bonds. The van der Waals surface area contributed by atoms with E-state index in [-0.39, 0.29) is 0 Å². The summed E-state index contributed by atoms with van der Waals surface area (Å²) in [6, 6.07) is 7.99. The molecule has 1 saturated heterocycles. The summed E-state index contributed by atoms with van der Waals surface area (Å²) in [4.78, 5) is 14.0. The van der Waals surface area contributed by atoms with Crippen molar-refractivity contribution in [1.82, 2.24) is 9.97 Å². The van der Waals surface area contributed by atoms with Gasteiger partial charge < -0.3 is 15.0 Å². The molecule has 0 bridgehead atoms. The fourth-order valence-electron chi connectivity index (χ4n) is 4.14. The molecule has 0 spiro atoms. The highest BCUT2D eigenvalue weighted by atomic mass is 35.5. The molecule has 3 aromatic rings. The van der Waals surface area contributed by atoms with Crippen molar-refractivity contribution < 1.29 is 9.64 Å². The average Bonchev–Trinajstić information content (AvgIpc) is 3.28. The molecule has 5 nitrogen and oxygen atoms in total. The Morgan fingerprint density at radius 1 is 1.18 bits per heavy atom. The number of anilines is 1. The average molecular weight is 416 g/mol. The molecular weight excluding hydrogens is 392 g/mol. The van der Waals surface area contributed by atoms with Gasteiger partial charge in [0.25, 0.3) is 0 Å². The Labute approximate surface area is 173 Å². The third-order valence-corrected chi connectivity index (χ3v) is 6.99. The van der Waals surface area contributed by atoms with Crippen LogP contribution in [-0.4, -0.2) is 36.3 Å². The first-order valence-corrected chi connectivity index (χ1v) is 11.2. The summed E-state index contributed by atoms with van der Waals surface area (Å²) in [7, 11) is 0. The SMILES string of the molecule is Clc1cccc(CNc2nc(C[NH+]3CCOCC3)nc3sc4c(c23)CCC4)c1. The second kappa shape index (κ2) is 7.95. The van der Waals surface area contributed by atoms with Crippen LogP contribution in [0.15, 0.2) is 24.3 Å². The zero-order chi connectivity index (χ0) is 18.9. The van der Waals surface area contributed by atoms with Crippen LogP contribution in [0.4, 0.5) is 5.82 Å². The third kappa shape index (κ3) is 3.74. The van der Waals surface area contributed by atoms with Crippen LogP contribution in [0.25, 0.3) is 10.2 Å². The Morgan fingerprint density at radius 2 is 2.07 bits per heavy atom. The number of thiophene rings is 1. The summed E-state index contributed by atoms with van der Waals surface area (Å²) in [5, 5.41) is 5.59. The molecule has 1 fully saturated rings. The molecular formula is C21H24ClN4OS+. The molecule has 1 aliphatic heterocycles. The summed E-state index contributed by atoms with van der Waals surface area (Å²) in [6.45, 7) is 5.26. The number of benzene rings is 1. The van der Waals surface area contributed by atoms with Crippen LogP contribution in [0.1, 0.15) is 28.2 Å². The smallest absolute Gasteiger partial charge is 0.187 e. The second-order valence-electron chi connectivity index (χ2n) is 7.55. The van der Waals surface area contributed by atoms with Crippen LogP contribution < -0.4 is 10.2 Å². The van der Waals surface area contributed by atoms with Crippen LogP contribution in [0.2, 0.25) is 5.02 Å². The number of nitrogens with zero attached hydrogens (tertiary/aromatic N) is 2. The monoisotopic (exact) mass is 415 g/mol. The van der Waals surface area contributed by atoms with Gasteiger partial charge in [-0.05, 0) is 42.5 Å². The standard InChI is InChI=1S/C21H23ClN4OS/c22-15-4-1-3-14(11-15)12-23-20-19-16-5-2-6-17(16)28-21(19)25-18(24-20)13-26-7-9-27-10-8-26/h1,3-4,11H,2,5-10,12-13H2,(H,23,24,25)/p+1. The van der Waals surface area contributed by atoms with Crippen LogP contribution in [0, 0.1) is 0 Å². The van der Waals surface area contributed by atoms with Crippen LogP contribution in [0.5, 0.6) is 0 Å². The lowest BCUT2D eigenvalue weighted by atomic mass is 10.1. The molecule has 2 N–H and O–H groups in total. The number of hydrogen-bond acceptors (Lipinski definition) is 5. The minimum atomic E-state index is 0.709. The fraction of sp³-hybridized carbons (Fsp3) is 0.429. The van der Waals surface area contributed by atoms with E-state index in [4.69, 9.17) is 26.3 Å². The van der Waals surface area contributed by atoms with Gasteiger partial charge in [-0.25, -0.2) is 9.97 Å². The summed E-state index contributed by atoms with van der Waals surface area (Å²) in [5.74, 6) is 1.91. The molecule has 0 atom stereocenters. The Morgan fingerprint density at radius 3 is 2.93 bits per heavy atom. The number of hydrogen-bond donors (Lipinski definition) is 2. The maximum absolute atomic E-state index is 6.15. The van der Waals surface area contributed by atoms with Gasteiger partial charge in [-0.15, -0.1) is 11.3 Å². The quantitative estimate of drug-likeness (QED) is 0.672. The van der Waals surface area contributed by atoms with Crippen molar-refractivity contribution in [2.24, 2.45) is 0 Å². The van der Waals surface area contributed by atoms with E-state index in [1.165, 1.54) is 33.6 Å². The number of ether oxygens (including phenoxy) is 1. The van der Waals surface area contributed by atoms with Crippen molar-refractivity contribution in [2.75, 3.05) is 31.6 Å². The fourth-order valence-corrected chi connectivity index (χ4v) is 5.63. The normalized spacial score (nSPS) is 17.2. The molecule has 28 heavy (non-hydrogen) atoms. The molecule has 146 valence electrons. The number of nitrogens with one attached hydrogen (secondary N) is 2. The van der Waals surface area contributed by atoms with E-state index in [0.29, 0.717) is 6.54 Å². The number of aryl methyl sites for hydroxylation is 2. The highest BCUT2D eigenvalue weighted by Gasteiger charge is 2.24. The number of aromatic nitrogens is 2. The molecule has 1 aromatic carbocycles. The lowest BCUT2D eigenvalue weighted by Gasteiger charge is -2.23. The molecule has 3 heterocycles. The van der Waals surface area contributed by atoms with Gasteiger partial charge in [0.2, 0.25) is 0 Å². The minimum Gasteiger partial charge on any atom is -0.370 e. The summed E-state index contributed by atoms with van der Waals surface area (Å²) >= 11 is 8.00. The van der Waals surface area contributed by atoms with Crippen molar-refractivity contribution in [2.45, 2.75) is 32.4 Å². The number of morpholine rings is 1. The third-order valence-electron chi connectivity index (χ3n) is 5.57. The highest BCUT2D eigenvalue weighted by molar-refractivity contribution is 7.19. The van der Waals surface area contributed by atoms with Crippen LogP contribution in [-0.2, 0) is 30.7 Å². The zero-order valence-electron chi connectivity index (χ0n) is 15.8. The number of fused-ring (bicyclic) bond motifs is 3. The van der Waals surface area contributed by atoms with Gasteiger partial charge in [0.05, 0.1) is 18.6 Å². The van der Waals surface area contributed by atoms with Gasteiger partial charge in [-0.3, -0.25) is 0 Å². The van der Waals surface area contributed by atoms with E-state index < -0.39 is 0 Å². The maximum atomic E-state index is 6.15. The Kier molecular flexibility index (Phi) is 5.20. The predicted molar refractivity (Wildman–Crippen MR) is 113 cm³/mol. The Bertz CT molecular complexity index is 999. The zero-order valence-corrected chi connectivity index (χ0v) is 17.3. The first-order valence-electron chi connectivity index (χ1n) is 9.97. The van der Waals surface area contributed by atoms with E-state index in [2.05, 4.69) is 11.4 Å². The van der Waals surface area contributed by atoms with Gasteiger partial charge in [0.15, 0.2) is 5.82 Å². The Balaban J connectivity index is 1.47. The molecule has 0 unspecified atom stereocenters. The topological polar surface area (TPSA) is 51.5 Å². The molecule has 2 aliphatic rings. The van der Waals surface area contributed by atoms with Crippen molar-refractivity contribution in [1.29, 1.82) is 0 Å². The van der Waals surface area contributed by atoms with Crippen molar-refractivity contribution in [3.8, 4) is 0 Å². The van der Waals surface area contributed by atoms with Crippen molar-refractivity contribution >= 4 is 39.0 Å². The molecule has 0 saturated carbocycles. The van der Waals surface area contributed by atoms with Crippen molar-refractivity contribution in [3.05, 3.63) is 51.1 Å². The highest BCUT2D eigenvalue weighted by Crippen LogP contribution is 2.39. The maximum Gasteiger partial charge on any atom is 0.187 e. The van der Waals surface area contributed by atoms with Gasteiger partial charge in [0.1, 0.15) is 30.3 Å². The summed E-state index contributed by atoms with van der Waals surface area (Å²) in [5.41, 5.74) is 2.62. The minimum absolute atomic E-state index is 0.709. The number of quaternary nitrogens is 1. The van der Waals surface area contributed by atoms with Gasteiger partial charge in [-0.2, -0.15) is 0 Å². The summed E-state index contributed by atoms with van der Waals surface area (Å²) < 4.78 is 5.49. The van der Waals surface area contributed by atoms with E-state index >= 15 is 0 Å². The van der Waals surface area contributed by atoms with E-state index in [1.54, 1.807) is 0 Å². The lowest BCUT2D eigenvalue weighted by Crippen LogP contribution is -3.12. The molecule has 2 aromatic heterocycles. The first kappa shape index (κ1) is 18.3. The van der Waals surface area contributed by atoms with Gasteiger partial charge in [-0.1, -0.05) is 23.7 Å². The second-order valence-corrected chi connectivity index (χ2v) is 9.07. The number of rotatable bonds is 5. The molecule has 0 radical (unpaired) electrons. The van der Waals surface area contributed by atoms with Gasteiger partial charge in [0, 0.05) is 16.4 Å². The van der Waals surface area contributed by atoms with Crippen LogP contribution >= 0.6 is 22.9 Å². The largest absolute Gasteiger partial charge is 0.370 e. The first-order chi connectivity index (χ1) is 13.8. The Hall–Kier alpha value is -1.73. The van der Waals surface area contributed by atoms with Gasteiger partial charge >= 0.3 is 0 Å². The lowest BCUT2D eigenvalue weighted by molar-refractivity contribution is -0.922. The molecule has 1 aliphatic carbocycles. The van der Waals surface area contributed by atoms with E-state index in [0.717, 1.165) is 66.3 Å². The van der Waals surface area contributed by atoms with E-state index in [1.807, 2.05) is 29.5 Å². The number of halogens is 1. The molecule has 7 heteroatoms.